The second-order valence-corrected chi connectivity index (χ2v) is 3.36. The van der Waals surface area contributed by atoms with Crippen LogP contribution in [0.1, 0.15) is 12.8 Å². The van der Waals surface area contributed by atoms with Gasteiger partial charge in [0.15, 0.2) is 18.6 Å². The van der Waals surface area contributed by atoms with E-state index in [1.54, 1.807) is 0 Å². The molecule has 0 spiro atoms. The Bertz CT molecular complexity index is 423. The third-order valence-electron chi connectivity index (χ3n) is 1.96. The van der Waals surface area contributed by atoms with Gasteiger partial charge >= 0.3 is 11.8 Å². The molecule has 0 aromatic rings. The van der Waals surface area contributed by atoms with Crippen LogP contribution in [0, 0.1) is 40.5 Å². The highest BCUT2D eigenvalue weighted by Gasteiger charge is 2.64. The maximum absolute atomic E-state index is 13.2. The molecule has 0 aliphatic rings. The lowest BCUT2D eigenvalue weighted by atomic mass is 10.1. The summed E-state index contributed by atoms with van der Waals surface area (Å²) < 4.78 is 26.4. The Hall–Kier alpha value is -2.87. The van der Waals surface area contributed by atoms with Crippen molar-refractivity contribution < 1.29 is 33.3 Å². The number of carbonyl (C=O) groups is 1. The third-order valence-corrected chi connectivity index (χ3v) is 1.96. The van der Waals surface area contributed by atoms with Gasteiger partial charge in [-0.1, -0.05) is 8.78 Å². The minimum atomic E-state index is -4.55. The van der Waals surface area contributed by atoms with Gasteiger partial charge in [-0.3, -0.25) is 45.3 Å². The highest BCUT2D eigenvalue weighted by Crippen LogP contribution is 2.24. The number of ketones is 1. The molecular formula is C5H4F2N4O9. The van der Waals surface area contributed by atoms with Crippen molar-refractivity contribution in [1.82, 2.24) is 0 Å². The molecule has 0 fully saturated rings. The fourth-order valence-electron chi connectivity index (χ4n) is 0.956. The van der Waals surface area contributed by atoms with Crippen LogP contribution in [0.4, 0.5) is 8.78 Å². The average molecular weight is 302 g/mol. The van der Waals surface area contributed by atoms with E-state index in [0.29, 0.717) is 0 Å². The summed E-state index contributed by atoms with van der Waals surface area (Å²) in [5.74, 6) is -11.2. The van der Waals surface area contributed by atoms with Gasteiger partial charge in [-0.05, 0) is 0 Å². The molecule has 15 heteroatoms. The summed E-state index contributed by atoms with van der Waals surface area (Å²) in [6.07, 6.45) is -4.39. The Labute approximate surface area is 105 Å². The van der Waals surface area contributed by atoms with Gasteiger partial charge in [-0.2, -0.15) is 0 Å². The van der Waals surface area contributed by atoms with E-state index in [4.69, 9.17) is 0 Å². The minimum absolute atomic E-state index is 2.07. The molecule has 0 atom stereocenters. The summed E-state index contributed by atoms with van der Waals surface area (Å²) >= 11 is 0. The van der Waals surface area contributed by atoms with Crippen molar-refractivity contribution in [2.45, 2.75) is 24.7 Å². The van der Waals surface area contributed by atoms with Crippen LogP contribution in [0.2, 0.25) is 0 Å². The molecule has 20 heavy (non-hydrogen) atoms. The average Bonchev–Trinajstić information content (AvgIpc) is 2.27. The van der Waals surface area contributed by atoms with Gasteiger partial charge in [-0.15, -0.1) is 0 Å². The van der Waals surface area contributed by atoms with Crippen molar-refractivity contribution in [2.75, 3.05) is 0 Å². The van der Waals surface area contributed by atoms with Gasteiger partial charge < -0.3 is 0 Å². The van der Waals surface area contributed by atoms with Crippen LogP contribution >= 0.6 is 0 Å². The van der Waals surface area contributed by atoms with E-state index in [1.165, 1.54) is 0 Å². The Morgan fingerprint density at radius 1 is 0.750 bits per heavy atom. The Morgan fingerprint density at radius 3 is 1.10 bits per heavy atom. The lowest BCUT2D eigenvalue weighted by Gasteiger charge is -2.09. The van der Waals surface area contributed by atoms with Crippen LogP contribution in [0.25, 0.3) is 0 Å². The lowest BCUT2D eigenvalue weighted by molar-refractivity contribution is -0.832. The van der Waals surface area contributed by atoms with Crippen LogP contribution in [-0.2, 0) is 4.79 Å². The van der Waals surface area contributed by atoms with Crippen molar-refractivity contribution >= 4 is 5.78 Å². The maximum atomic E-state index is 13.2. The largest absolute Gasteiger partial charge is 0.620 e. The molecule has 0 saturated heterocycles. The first-order valence-corrected chi connectivity index (χ1v) is 4.35. The smallest absolute Gasteiger partial charge is 0.298 e. The molecule has 0 heterocycles. The van der Waals surface area contributed by atoms with Crippen molar-refractivity contribution in [3.05, 3.63) is 40.5 Å². The molecule has 13 nitrogen and oxygen atoms in total. The molecular weight excluding hydrogens is 298 g/mol. The number of Topliss-reactive ketones (excluding diaryl/α,β-unsaturated/α-hetero) is 1. The fourth-order valence-corrected chi connectivity index (χ4v) is 0.956. The second-order valence-electron chi connectivity index (χ2n) is 3.36. The Kier molecular flexibility index (Phi) is 4.63. The standard InChI is InChI=1S/C5H4F2N4O9/c6-4(8(13)14,9(15)16)1-3(12)2-5(7,10(17)18)11(19)20/h1-2H2. The van der Waals surface area contributed by atoms with Crippen molar-refractivity contribution in [1.29, 1.82) is 0 Å². The zero-order valence-corrected chi connectivity index (χ0v) is 9.13. The predicted octanol–water partition coefficient (Wildman–Crippen LogP) is -0.311. The Balaban J connectivity index is 5.22. The van der Waals surface area contributed by atoms with Crippen molar-refractivity contribution in [3.63, 3.8) is 0 Å². The first kappa shape index (κ1) is 17.1. The molecule has 112 valence electrons. The van der Waals surface area contributed by atoms with Gasteiger partial charge in [0, 0.05) is 0 Å². The first-order chi connectivity index (χ1) is 8.87. The summed E-state index contributed by atoms with van der Waals surface area (Å²) in [7, 11) is 0. The number of carbonyl (C=O) groups excluding carboxylic acids is 1. The minimum Gasteiger partial charge on any atom is -0.298 e. The van der Waals surface area contributed by atoms with E-state index in [1.807, 2.05) is 0 Å². The number of rotatable bonds is 8. The molecule has 0 unspecified atom stereocenters. The molecule has 0 radical (unpaired) electrons. The van der Waals surface area contributed by atoms with Crippen LogP contribution < -0.4 is 0 Å². The van der Waals surface area contributed by atoms with E-state index < -0.39 is 50.2 Å². The number of hydrogen-bond donors (Lipinski definition) is 0. The van der Waals surface area contributed by atoms with Crippen molar-refractivity contribution in [2.24, 2.45) is 0 Å². The molecule has 0 saturated carbocycles. The summed E-state index contributed by atoms with van der Waals surface area (Å²) in [5, 5.41) is 40.4. The topological polar surface area (TPSA) is 190 Å². The second kappa shape index (κ2) is 5.41. The predicted molar refractivity (Wildman–Crippen MR) is 49.9 cm³/mol. The van der Waals surface area contributed by atoms with Gasteiger partial charge in [0.1, 0.15) is 19.7 Å². The summed E-state index contributed by atoms with van der Waals surface area (Å²) in [6, 6.07) is 0. The summed E-state index contributed by atoms with van der Waals surface area (Å²) in [5.41, 5.74) is 0. The number of alkyl halides is 2. The number of nitro groups is 4. The zero-order chi connectivity index (χ0) is 16.3. The molecule has 0 aromatic heterocycles. The monoisotopic (exact) mass is 302 g/mol. The highest BCUT2D eigenvalue weighted by atomic mass is 19.2. The molecule has 0 rings (SSSR count). The van der Waals surface area contributed by atoms with Crippen LogP contribution in [0.15, 0.2) is 0 Å². The van der Waals surface area contributed by atoms with Gasteiger partial charge in [0.05, 0.1) is 0 Å². The molecule has 0 N–H and O–H groups in total. The van der Waals surface area contributed by atoms with E-state index in [2.05, 4.69) is 0 Å². The number of hydrogen-bond acceptors (Lipinski definition) is 9. The van der Waals surface area contributed by atoms with E-state index >= 15 is 0 Å². The zero-order valence-electron chi connectivity index (χ0n) is 9.13. The lowest BCUT2D eigenvalue weighted by Crippen LogP contribution is -2.47. The molecule has 0 aromatic carbocycles. The van der Waals surface area contributed by atoms with Crippen LogP contribution in [0.3, 0.4) is 0 Å². The van der Waals surface area contributed by atoms with E-state index in [-0.39, 0.29) is 0 Å². The van der Waals surface area contributed by atoms with Gasteiger partial charge in [-0.25, -0.2) is 0 Å². The molecule has 0 amide bonds. The summed E-state index contributed by atoms with van der Waals surface area (Å²) in [6.45, 7) is 0. The molecule has 0 aliphatic carbocycles. The van der Waals surface area contributed by atoms with Gasteiger partial charge in [0.2, 0.25) is 0 Å². The molecule has 0 bridgehead atoms. The van der Waals surface area contributed by atoms with Crippen LogP contribution in [0.5, 0.6) is 0 Å². The Morgan fingerprint density at radius 2 is 0.950 bits per heavy atom. The van der Waals surface area contributed by atoms with Crippen LogP contribution in [-0.4, -0.2) is 37.3 Å². The van der Waals surface area contributed by atoms with E-state index in [0.717, 1.165) is 0 Å². The van der Waals surface area contributed by atoms with Gasteiger partial charge in [0.25, 0.3) is 0 Å². The SMILES string of the molecule is O=C(CC(F)([N+](=O)[O-])[N+](=O)[O-])CC(F)([N+](=O)[O-])[N+](=O)[O-]. The quantitative estimate of drug-likeness (QED) is 0.250. The number of halogens is 2. The molecule has 0 aliphatic heterocycles. The van der Waals surface area contributed by atoms with E-state index in [9.17, 15) is 54.0 Å². The summed E-state index contributed by atoms with van der Waals surface area (Å²) in [4.78, 5) is 42.9. The highest BCUT2D eigenvalue weighted by molar-refractivity contribution is 5.79. The maximum Gasteiger partial charge on any atom is 0.620 e. The normalized spacial score (nSPS) is 11.7. The van der Waals surface area contributed by atoms with Crippen molar-refractivity contribution in [3.8, 4) is 0 Å². The first-order valence-electron chi connectivity index (χ1n) is 4.35. The number of nitrogens with zero attached hydrogens (tertiary/aromatic N) is 4. The fraction of sp³-hybridized carbons (Fsp3) is 0.800. The third kappa shape index (κ3) is 3.12.